The number of carboxylic acid groups (broad SMARTS) is 1. The largest absolute Gasteiger partial charge is 0.493 e. The number of rotatable bonds is 8. The average Bonchev–Trinajstić information content (AvgIpc) is 3.06. The van der Waals surface area contributed by atoms with Gasteiger partial charge in [0, 0.05) is 0 Å². The fourth-order valence-corrected chi connectivity index (χ4v) is 3.03. The summed E-state index contributed by atoms with van der Waals surface area (Å²) in [4.78, 5) is 22.8. The highest BCUT2D eigenvalue weighted by Crippen LogP contribution is 2.33. The zero-order chi connectivity index (χ0) is 17.5. The Labute approximate surface area is 141 Å². The Kier molecular flexibility index (Phi) is 6.46. The van der Waals surface area contributed by atoms with E-state index in [2.05, 4.69) is 0 Å². The summed E-state index contributed by atoms with van der Waals surface area (Å²) in [6, 6.07) is 5.43. The van der Waals surface area contributed by atoms with E-state index < -0.39 is 17.9 Å². The fraction of sp³-hybridized carbons (Fsp3) is 0.556. The molecule has 0 spiro atoms. The molecular weight excluding hydrogens is 312 g/mol. The first-order chi connectivity index (χ1) is 11.5. The number of esters is 1. The summed E-state index contributed by atoms with van der Waals surface area (Å²) in [6.07, 6.45) is 4.57. The Morgan fingerprint density at radius 2 is 1.92 bits per heavy atom. The lowest BCUT2D eigenvalue weighted by Gasteiger charge is -2.18. The van der Waals surface area contributed by atoms with Crippen LogP contribution in [0.15, 0.2) is 18.2 Å². The van der Waals surface area contributed by atoms with Crippen LogP contribution in [0.25, 0.3) is 0 Å². The number of carboxylic acids is 1. The number of hydrogen-bond acceptors (Lipinski definition) is 5. The summed E-state index contributed by atoms with van der Waals surface area (Å²) in [5, 5.41) is 8.98. The molecule has 1 N–H and O–H groups in total. The van der Waals surface area contributed by atoms with Gasteiger partial charge in [0.1, 0.15) is 0 Å². The molecule has 1 fully saturated rings. The number of carbonyl (C=O) groups is 2. The highest BCUT2D eigenvalue weighted by atomic mass is 16.5. The van der Waals surface area contributed by atoms with Gasteiger partial charge in [-0.2, -0.15) is 0 Å². The Morgan fingerprint density at radius 3 is 2.50 bits per heavy atom. The number of methoxy groups -OCH3 is 2. The smallest absolute Gasteiger partial charge is 0.309 e. The van der Waals surface area contributed by atoms with E-state index in [9.17, 15) is 9.59 Å². The molecule has 0 amide bonds. The normalized spacial score (nSPS) is 15.8. The van der Waals surface area contributed by atoms with Crippen LogP contribution in [0.5, 0.6) is 11.5 Å². The van der Waals surface area contributed by atoms with Crippen molar-refractivity contribution in [1.82, 2.24) is 0 Å². The Hall–Kier alpha value is -2.24. The van der Waals surface area contributed by atoms with Crippen LogP contribution in [0.3, 0.4) is 0 Å². The number of benzene rings is 1. The molecule has 0 saturated heterocycles. The standard InChI is InChI=1S/C18H24O6/c1-22-15-8-7-12(9-13(11-17(19)20)18(21)23-2)10-16(15)24-14-5-3-4-6-14/h7-8,10,13-14H,3-6,9,11H2,1-2H3,(H,19,20)/t13-/m1/s1. The maximum absolute atomic E-state index is 11.8. The lowest BCUT2D eigenvalue weighted by Crippen LogP contribution is -2.22. The summed E-state index contributed by atoms with van der Waals surface area (Å²) < 4.78 is 16.1. The highest BCUT2D eigenvalue weighted by molar-refractivity contribution is 5.79. The van der Waals surface area contributed by atoms with Gasteiger partial charge in [0.05, 0.1) is 32.7 Å². The summed E-state index contributed by atoms with van der Waals surface area (Å²) in [5.74, 6) is -0.993. The third-order valence-electron chi connectivity index (χ3n) is 4.26. The van der Waals surface area contributed by atoms with Crippen LogP contribution in [0.1, 0.15) is 37.7 Å². The molecule has 0 unspecified atom stereocenters. The minimum atomic E-state index is -1.03. The quantitative estimate of drug-likeness (QED) is 0.735. The number of aliphatic carboxylic acids is 1. The molecule has 0 bridgehead atoms. The van der Waals surface area contributed by atoms with E-state index in [1.165, 1.54) is 7.11 Å². The molecule has 6 heteroatoms. The molecule has 0 aliphatic heterocycles. The van der Waals surface area contributed by atoms with E-state index in [0.717, 1.165) is 31.2 Å². The monoisotopic (exact) mass is 336 g/mol. The van der Waals surface area contributed by atoms with E-state index in [-0.39, 0.29) is 18.9 Å². The van der Waals surface area contributed by atoms with Gasteiger partial charge < -0.3 is 19.3 Å². The SMILES string of the molecule is COC(=O)[C@@H](CC(=O)O)Cc1ccc(OC)c(OC2CCCC2)c1. The van der Waals surface area contributed by atoms with Crippen molar-refractivity contribution in [3.8, 4) is 11.5 Å². The highest BCUT2D eigenvalue weighted by Gasteiger charge is 2.24. The first kappa shape index (κ1) is 18.1. The molecule has 1 aliphatic carbocycles. The number of hydrogen-bond donors (Lipinski definition) is 1. The first-order valence-electron chi connectivity index (χ1n) is 8.16. The first-order valence-corrected chi connectivity index (χ1v) is 8.16. The number of ether oxygens (including phenoxy) is 3. The van der Waals surface area contributed by atoms with Gasteiger partial charge in [-0.05, 0) is 49.8 Å². The van der Waals surface area contributed by atoms with Gasteiger partial charge in [-0.3, -0.25) is 9.59 Å². The van der Waals surface area contributed by atoms with Crippen LogP contribution < -0.4 is 9.47 Å². The molecule has 0 heterocycles. The maximum atomic E-state index is 11.8. The zero-order valence-corrected chi connectivity index (χ0v) is 14.1. The predicted molar refractivity (Wildman–Crippen MR) is 87.3 cm³/mol. The van der Waals surface area contributed by atoms with Crippen molar-refractivity contribution in [3.05, 3.63) is 23.8 Å². The van der Waals surface area contributed by atoms with E-state index in [1.807, 2.05) is 12.1 Å². The molecule has 24 heavy (non-hydrogen) atoms. The van der Waals surface area contributed by atoms with Gasteiger partial charge in [0.15, 0.2) is 11.5 Å². The lowest BCUT2D eigenvalue weighted by atomic mass is 9.96. The van der Waals surface area contributed by atoms with Gasteiger partial charge in [-0.15, -0.1) is 0 Å². The van der Waals surface area contributed by atoms with E-state index >= 15 is 0 Å². The van der Waals surface area contributed by atoms with Crippen molar-refractivity contribution in [3.63, 3.8) is 0 Å². The van der Waals surface area contributed by atoms with Crippen molar-refractivity contribution in [2.45, 2.75) is 44.6 Å². The Bertz CT molecular complexity index is 577. The lowest BCUT2D eigenvalue weighted by molar-refractivity contribution is -0.150. The third kappa shape index (κ3) is 4.88. The topological polar surface area (TPSA) is 82.1 Å². The molecule has 0 aromatic heterocycles. The van der Waals surface area contributed by atoms with E-state index in [1.54, 1.807) is 13.2 Å². The van der Waals surface area contributed by atoms with Crippen LogP contribution in [-0.2, 0) is 20.7 Å². The van der Waals surface area contributed by atoms with Crippen molar-refractivity contribution in [2.24, 2.45) is 5.92 Å². The van der Waals surface area contributed by atoms with Crippen molar-refractivity contribution >= 4 is 11.9 Å². The summed E-state index contributed by atoms with van der Waals surface area (Å²) in [7, 11) is 2.85. The van der Waals surface area contributed by atoms with Crippen LogP contribution >= 0.6 is 0 Å². The maximum Gasteiger partial charge on any atom is 0.309 e. The van der Waals surface area contributed by atoms with E-state index in [4.69, 9.17) is 19.3 Å². The van der Waals surface area contributed by atoms with Gasteiger partial charge in [0.25, 0.3) is 0 Å². The van der Waals surface area contributed by atoms with Crippen molar-refractivity contribution < 1.29 is 28.9 Å². The Morgan fingerprint density at radius 1 is 1.21 bits per heavy atom. The van der Waals surface area contributed by atoms with Gasteiger partial charge in [0.2, 0.25) is 0 Å². The summed E-state index contributed by atoms with van der Waals surface area (Å²) in [6.45, 7) is 0. The molecule has 6 nitrogen and oxygen atoms in total. The second-order valence-corrected chi connectivity index (χ2v) is 6.03. The van der Waals surface area contributed by atoms with Crippen LogP contribution in [0, 0.1) is 5.92 Å². The predicted octanol–water partition coefficient (Wildman–Crippen LogP) is 2.82. The molecule has 1 atom stereocenters. The zero-order valence-electron chi connectivity index (χ0n) is 14.1. The second-order valence-electron chi connectivity index (χ2n) is 6.03. The van der Waals surface area contributed by atoms with Gasteiger partial charge in [-0.1, -0.05) is 6.07 Å². The van der Waals surface area contributed by atoms with Gasteiger partial charge in [-0.25, -0.2) is 0 Å². The fourth-order valence-electron chi connectivity index (χ4n) is 3.03. The third-order valence-corrected chi connectivity index (χ3v) is 4.26. The Balaban J connectivity index is 2.16. The summed E-state index contributed by atoms with van der Waals surface area (Å²) in [5.41, 5.74) is 0.820. The second kappa shape index (κ2) is 8.57. The number of carbonyl (C=O) groups excluding carboxylic acids is 1. The van der Waals surface area contributed by atoms with Crippen molar-refractivity contribution in [2.75, 3.05) is 14.2 Å². The minimum absolute atomic E-state index is 0.185. The average molecular weight is 336 g/mol. The summed E-state index contributed by atoms with van der Waals surface area (Å²) >= 11 is 0. The molecule has 1 saturated carbocycles. The van der Waals surface area contributed by atoms with Crippen LogP contribution in [-0.4, -0.2) is 37.4 Å². The molecule has 0 radical (unpaired) electrons. The van der Waals surface area contributed by atoms with Crippen LogP contribution in [0.2, 0.25) is 0 Å². The van der Waals surface area contributed by atoms with Crippen molar-refractivity contribution in [1.29, 1.82) is 0 Å². The molecule has 1 aromatic rings. The molecule has 1 aromatic carbocycles. The molecule has 1 aliphatic rings. The molecular formula is C18H24O6. The van der Waals surface area contributed by atoms with E-state index in [0.29, 0.717) is 11.5 Å². The molecule has 2 rings (SSSR count). The van der Waals surface area contributed by atoms with Gasteiger partial charge >= 0.3 is 11.9 Å². The van der Waals surface area contributed by atoms with Crippen LogP contribution in [0.4, 0.5) is 0 Å². The minimum Gasteiger partial charge on any atom is -0.493 e. The molecule has 132 valence electrons.